The maximum absolute atomic E-state index is 12.9. The van der Waals surface area contributed by atoms with Gasteiger partial charge in [0.1, 0.15) is 0 Å². The van der Waals surface area contributed by atoms with Gasteiger partial charge in [-0.05, 0) is 44.9 Å². The molecule has 0 fully saturated rings. The Hall–Kier alpha value is -2.61. The Balaban J connectivity index is 1.58. The van der Waals surface area contributed by atoms with Crippen LogP contribution in [-0.4, -0.2) is 37.5 Å². The van der Waals surface area contributed by atoms with Crippen molar-refractivity contribution in [1.82, 2.24) is 24.6 Å². The largest absolute Gasteiger partial charge is 0.355 e. The predicted octanol–water partition coefficient (Wildman–Crippen LogP) is 3.31. The van der Waals surface area contributed by atoms with E-state index < -0.39 is 0 Å². The Morgan fingerprint density at radius 2 is 1.97 bits per heavy atom. The minimum absolute atomic E-state index is 0.0400. The number of aryl methyl sites for hydroxylation is 3. The van der Waals surface area contributed by atoms with Crippen LogP contribution in [0.25, 0.3) is 10.9 Å². The van der Waals surface area contributed by atoms with Gasteiger partial charge in [0, 0.05) is 25.3 Å². The third kappa shape index (κ3) is 5.50. The molecule has 0 saturated carbocycles. The Morgan fingerprint density at radius 3 is 2.70 bits per heavy atom. The van der Waals surface area contributed by atoms with Gasteiger partial charge in [-0.15, -0.1) is 0 Å². The molecule has 0 aliphatic carbocycles. The van der Waals surface area contributed by atoms with Gasteiger partial charge >= 0.3 is 0 Å². The number of aromatic nitrogens is 4. The highest BCUT2D eigenvalue weighted by molar-refractivity contribution is 7.99. The van der Waals surface area contributed by atoms with E-state index >= 15 is 0 Å². The second-order valence-electron chi connectivity index (χ2n) is 7.36. The van der Waals surface area contributed by atoms with E-state index in [1.807, 2.05) is 42.8 Å². The number of thioether (sulfide) groups is 1. The topological polar surface area (TPSA) is 81.8 Å². The summed E-state index contributed by atoms with van der Waals surface area (Å²) in [5.41, 5.74) is 2.76. The molecule has 7 nitrogen and oxygen atoms in total. The summed E-state index contributed by atoms with van der Waals surface area (Å²) >= 11 is 1.32. The first-order valence-electron chi connectivity index (χ1n) is 10.4. The molecule has 2 heterocycles. The number of para-hydroxylation sites is 1. The van der Waals surface area contributed by atoms with Crippen LogP contribution in [0.3, 0.4) is 0 Å². The van der Waals surface area contributed by atoms with Crippen LogP contribution in [-0.2, 0) is 17.9 Å². The molecule has 30 heavy (non-hydrogen) atoms. The number of nitrogens with one attached hydrogen (secondary N) is 1. The van der Waals surface area contributed by atoms with Gasteiger partial charge in [-0.25, -0.2) is 4.98 Å². The van der Waals surface area contributed by atoms with Crippen molar-refractivity contribution >= 4 is 28.6 Å². The molecule has 0 radical (unpaired) electrons. The Kier molecular flexibility index (Phi) is 7.68. The van der Waals surface area contributed by atoms with Crippen molar-refractivity contribution in [2.75, 3.05) is 12.3 Å². The van der Waals surface area contributed by atoms with E-state index in [1.165, 1.54) is 11.8 Å². The van der Waals surface area contributed by atoms with Gasteiger partial charge in [-0.3, -0.25) is 18.8 Å². The van der Waals surface area contributed by atoms with Crippen LogP contribution in [0.1, 0.15) is 37.6 Å². The summed E-state index contributed by atoms with van der Waals surface area (Å²) in [7, 11) is 0. The number of rotatable bonds is 10. The van der Waals surface area contributed by atoms with Crippen molar-refractivity contribution in [3.63, 3.8) is 0 Å². The molecule has 0 spiro atoms. The van der Waals surface area contributed by atoms with Crippen LogP contribution in [0, 0.1) is 13.8 Å². The third-order valence-corrected chi connectivity index (χ3v) is 5.84. The number of hydrogen-bond donors (Lipinski definition) is 1. The van der Waals surface area contributed by atoms with Crippen LogP contribution < -0.4 is 10.9 Å². The van der Waals surface area contributed by atoms with E-state index in [9.17, 15) is 9.59 Å². The number of carbonyl (C=O) groups is 1. The van der Waals surface area contributed by atoms with Crippen molar-refractivity contribution in [2.45, 2.75) is 58.3 Å². The summed E-state index contributed by atoms with van der Waals surface area (Å²) in [5.74, 6) is 0.175. The zero-order valence-corrected chi connectivity index (χ0v) is 18.7. The van der Waals surface area contributed by atoms with Crippen molar-refractivity contribution in [3.05, 3.63) is 52.1 Å². The lowest BCUT2D eigenvalue weighted by atomic mass is 10.2. The van der Waals surface area contributed by atoms with E-state index in [4.69, 9.17) is 0 Å². The highest BCUT2D eigenvalue weighted by Crippen LogP contribution is 2.18. The molecule has 1 amide bonds. The smallest absolute Gasteiger partial charge is 0.262 e. The monoisotopic (exact) mass is 427 g/mol. The number of benzene rings is 1. The van der Waals surface area contributed by atoms with E-state index in [2.05, 4.69) is 22.3 Å². The minimum Gasteiger partial charge on any atom is -0.355 e. The van der Waals surface area contributed by atoms with Crippen molar-refractivity contribution < 1.29 is 4.79 Å². The Labute approximate surface area is 180 Å². The summed E-state index contributed by atoms with van der Waals surface area (Å²) in [6.45, 7) is 8.07. The normalized spacial score (nSPS) is 11.2. The molecule has 8 heteroatoms. The molecule has 1 N–H and O–H groups in total. The van der Waals surface area contributed by atoms with Crippen molar-refractivity contribution in [3.8, 4) is 0 Å². The highest BCUT2D eigenvalue weighted by Gasteiger charge is 2.13. The molecule has 2 aromatic heterocycles. The molecular weight excluding hydrogens is 398 g/mol. The molecule has 0 aliphatic heterocycles. The van der Waals surface area contributed by atoms with Crippen LogP contribution in [0.2, 0.25) is 0 Å². The Bertz CT molecular complexity index is 1070. The third-order valence-electron chi connectivity index (χ3n) is 4.87. The fourth-order valence-corrected chi connectivity index (χ4v) is 4.17. The van der Waals surface area contributed by atoms with Crippen molar-refractivity contribution in [1.29, 1.82) is 0 Å². The first-order chi connectivity index (χ1) is 14.5. The second-order valence-corrected chi connectivity index (χ2v) is 8.31. The standard InChI is InChI=1S/C22H29N5O2S/c1-4-5-12-26-21(29)18-9-6-7-10-19(18)24-22(26)30-15-20(28)23-11-8-13-27-17(3)14-16(2)25-27/h6-7,9-10,14H,4-5,8,11-13,15H2,1-3H3,(H,23,28). The first kappa shape index (κ1) is 22.1. The number of carbonyl (C=O) groups excluding carboxylic acids is 1. The average Bonchev–Trinajstić information content (AvgIpc) is 3.06. The summed E-state index contributed by atoms with van der Waals surface area (Å²) < 4.78 is 3.66. The molecular formula is C22H29N5O2S. The molecule has 0 saturated heterocycles. The molecule has 1 aromatic carbocycles. The van der Waals surface area contributed by atoms with Gasteiger partial charge < -0.3 is 5.32 Å². The average molecular weight is 428 g/mol. The molecule has 3 rings (SSSR count). The van der Waals surface area contributed by atoms with E-state index in [1.54, 1.807) is 10.6 Å². The van der Waals surface area contributed by atoms with Crippen molar-refractivity contribution in [2.24, 2.45) is 0 Å². The Morgan fingerprint density at radius 1 is 1.17 bits per heavy atom. The van der Waals surface area contributed by atoms with Gasteiger partial charge in [0.25, 0.3) is 5.56 Å². The number of amides is 1. The molecule has 160 valence electrons. The molecule has 0 aliphatic rings. The lowest BCUT2D eigenvalue weighted by Crippen LogP contribution is -2.28. The van der Waals surface area contributed by atoms with Crippen LogP contribution in [0.15, 0.2) is 40.3 Å². The van der Waals surface area contributed by atoms with Crippen LogP contribution >= 0.6 is 11.8 Å². The molecule has 0 atom stereocenters. The molecule has 0 unspecified atom stereocenters. The van der Waals surface area contributed by atoms with Gasteiger partial charge in [0.05, 0.1) is 22.3 Å². The number of nitrogens with zero attached hydrogens (tertiary/aromatic N) is 4. The number of hydrogen-bond acceptors (Lipinski definition) is 5. The maximum Gasteiger partial charge on any atom is 0.262 e. The molecule has 3 aromatic rings. The van der Waals surface area contributed by atoms with E-state index in [0.717, 1.165) is 37.2 Å². The van der Waals surface area contributed by atoms with Gasteiger partial charge in [0.2, 0.25) is 5.91 Å². The minimum atomic E-state index is -0.0576. The lowest BCUT2D eigenvalue weighted by Gasteiger charge is -2.13. The highest BCUT2D eigenvalue weighted by atomic mass is 32.2. The number of unbranched alkanes of at least 4 members (excludes halogenated alkanes) is 1. The number of fused-ring (bicyclic) bond motifs is 1. The quantitative estimate of drug-likeness (QED) is 0.305. The van der Waals surface area contributed by atoms with Gasteiger partial charge in [-0.1, -0.05) is 37.2 Å². The summed E-state index contributed by atoms with van der Waals surface area (Å²) in [4.78, 5) is 29.8. The summed E-state index contributed by atoms with van der Waals surface area (Å²) in [5, 5.41) is 8.60. The lowest BCUT2D eigenvalue weighted by molar-refractivity contribution is -0.118. The van der Waals surface area contributed by atoms with Gasteiger partial charge in [-0.2, -0.15) is 5.10 Å². The zero-order valence-electron chi connectivity index (χ0n) is 17.9. The van der Waals surface area contributed by atoms with E-state index in [0.29, 0.717) is 29.1 Å². The predicted molar refractivity (Wildman–Crippen MR) is 121 cm³/mol. The second kappa shape index (κ2) is 10.4. The zero-order chi connectivity index (χ0) is 21.5. The summed E-state index contributed by atoms with van der Waals surface area (Å²) in [6.07, 6.45) is 2.69. The SMILES string of the molecule is CCCCn1c(SCC(=O)NCCCn2nc(C)cc2C)nc2ccccc2c1=O. The van der Waals surface area contributed by atoms with Crippen LogP contribution in [0.5, 0.6) is 0 Å². The van der Waals surface area contributed by atoms with Crippen LogP contribution in [0.4, 0.5) is 0 Å². The molecule has 0 bridgehead atoms. The van der Waals surface area contributed by atoms with Gasteiger partial charge in [0.15, 0.2) is 5.16 Å². The fourth-order valence-electron chi connectivity index (χ4n) is 3.31. The fraction of sp³-hybridized carbons (Fsp3) is 0.455. The summed E-state index contributed by atoms with van der Waals surface area (Å²) in [6, 6.07) is 9.40. The first-order valence-corrected chi connectivity index (χ1v) is 11.4. The maximum atomic E-state index is 12.9. The van der Waals surface area contributed by atoms with E-state index in [-0.39, 0.29) is 17.2 Å².